The van der Waals surface area contributed by atoms with Gasteiger partial charge in [0, 0.05) is 0 Å². The highest BCUT2D eigenvalue weighted by Crippen LogP contribution is 2.49. The van der Waals surface area contributed by atoms with Crippen LogP contribution < -0.4 is 4.74 Å². The summed E-state index contributed by atoms with van der Waals surface area (Å²) in [6.45, 7) is 8.24. The fourth-order valence-corrected chi connectivity index (χ4v) is 7.63. The lowest BCUT2D eigenvalue weighted by Gasteiger charge is -2.39. The summed E-state index contributed by atoms with van der Waals surface area (Å²) in [5.41, 5.74) is -3.91. The van der Waals surface area contributed by atoms with Crippen molar-refractivity contribution < 1.29 is 41.8 Å². The van der Waals surface area contributed by atoms with Crippen LogP contribution in [0.25, 0.3) is 21.5 Å². The summed E-state index contributed by atoms with van der Waals surface area (Å²) in [4.78, 5) is 40.9. The summed E-state index contributed by atoms with van der Waals surface area (Å²) in [5.74, 6) is -2.60. The van der Waals surface area contributed by atoms with E-state index in [-0.39, 0.29) is 24.9 Å². The molecule has 2 bridgehead atoms. The van der Waals surface area contributed by atoms with E-state index < -0.39 is 52.9 Å². The first-order valence-corrected chi connectivity index (χ1v) is 16.5. The van der Waals surface area contributed by atoms with Gasteiger partial charge in [-0.25, -0.2) is 0 Å². The van der Waals surface area contributed by atoms with Crippen LogP contribution in [-0.2, 0) is 23.9 Å². The highest BCUT2D eigenvalue weighted by atomic mass is 19.4. The second kappa shape index (κ2) is 12.8. The molecular weight excluding hydrogens is 609 g/mol. The van der Waals surface area contributed by atoms with Crippen molar-refractivity contribution in [1.29, 1.82) is 0 Å². The fourth-order valence-electron chi connectivity index (χ4n) is 7.63. The zero-order valence-corrected chi connectivity index (χ0v) is 28.0. The summed E-state index contributed by atoms with van der Waals surface area (Å²) in [6, 6.07) is 17.5. The SMILES string of the molecule is CC(COC(=O)C(C)(C)CC(C)(CC(C)(C)C(=O)Oc1ccc2cc3ccccc3cc2c1)C(=O)OC1CC2CCC1C2)C(F)(F)F. The van der Waals surface area contributed by atoms with Crippen molar-refractivity contribution in [2.45, 2.75) is 92.3 Å². The van der Waals surface area contributed by atoms with Crippen LogP contribution in [0.2, 0.25) is 0 Å². The molecule has 0 spiro atoms. The van der Waals surface area contributed by atoms with Crippen molar-refractivity contribution >= 4 is 39.5 Å². The Hall–Kier alpha value is -3.62. The summed E-state index contributed by atoms with van der Waals surface area (Å²) in [6.07, 6.45) is -0.938. The molecule has 2 fully saturated rings. The normalized spacial score (nSPS) is 21.8. The van der Waals surface area contributed by atoms with Gasteiger partial charge in [-0.2, -0.15) is 13.2 Å². The average molecular weight is 655 g/mol. The van der Waals surface area contributed by atoms with E-state index in [0.717, 1.165) is 54.2 Å². The maximum Gasteiger partial charge on any atom is 0.394 e. The van der Waals surface area contributed by atoms with E-state index in [1.54, 1.807) is 46.8 Å². The third-order valence-electron chi connectivity index (χ3n) is 10.1. The van der Waals surface area contributed by atoms with Crippen LogP contribution in [0.1, 0.15) is 80.1 Å². The number of esters is 3. The Labute approximate surface area is 274 Å². The molecule has 5 rings (SSSR count). The number of halogens is 3. The molecule has 0 radical (unpaired) electrons. The predicted molar refractivity (Wildman–Crippen MR) is 173 cm³/mol. The van der Waals surface area contributed by atoms with E-state index in [9.17, 15) is 27.6 Å². The molecule has 5 atom stereocenters. The molecule has 2 aliphatic rings. The second-order valence-corrected chi connectivity index (χ2v) is 15.4. The van der Waals surface area contributed by atoms with Crippen molar-refractivity contribution in [3.63, 3.8) is 0 Å². The summed E-state index contributed by atoms with van der Waals surface area (Å²) >= 11 is 0. The molecule has 0 amide bonds. The lowest BCUT2D eigenvalue weighted by Crippen LogP contribution is -2.45. The number of rotatable bonds is 11. The van der Waals surface area contributed by atoms with Crippen LogP contribution in [0.5, 0.6) is 5.75 Å². The Morgan fingerprint density at radius 3 is 1.94 bits per heavy atom. The summed E-state index contributed by atoms with van der Waals surface area (Å²) in [7, 11) is 0. The first kappa shape index (κ1) is 34.7. The van der Waals surface area contributed by atoms with Gasteiger partial charge in [-0.15, -0.1) is 0 Å². The van der Waals surface area contributed by atoms with E-state index in [2.05, 4.69) is 6.07 Å². The van der Waals surface area contributed by atoms with Crippen LogP contribution in [0, 0.1) is 34.0 Å². The number of alkyl halides is 3. The van der Waals surface area contributed by atoms with Gasteiger partial charge in [0.1, 0.15) is 18.5 Å². The Bertz CT molecular complexity index is 1660. The molecule has 5 unspecified atom stereocenters. The van der Waals surface area contributed by atoms with Crippen LogP contribution in [0.15, 0.2) is 54.6 Å². The minimum absolute atomic E-state index is 0.0215. The molecule has 254 valence electrons. The van der Waals surface area contributed by atoms with Gasteiger partial charge in [0.25, 0.3) is 0 Å². The molecule has 0 aliphatic heterocycles. The van der Waals surface area contributed by atoms with E-state index in [0.29, 0.717) is 11.7 Å². The van der Waals surface area contributed by atoms with E-state index >= 15 is 0 Å². The Morgan fingerprint density at radius 1 is 0.766 bits per heavy atom. The molecule has 6 nitrogen and oxygen atoms in total. The van der Waals surface area contributed by atoms with Crippen LogP contribution >= 0.6 is 0 Å². The van der Waals surface area contributed by atoms with Gasteiger partial charge in [-0.05, 0) is 131 Å². The number of hydrogen-bond acceptors (Lipinski definition) is 6. The lowest BCUT2D eigenvalue weighted by atomic mass is 9.66. The first-order valence-electron chi connectivity index (χ1n) is 16.5. The molecule has 0 saturated heterocycles. The van der Waals surface area contributed by atoms with Crippen molar-refractivity contribution in [2.24, 2.45) is 34.0 Å². The second-order valence-electron chi connectivity index (χ2n) is 15.4. The standard InChI is InChI=1S/C38H45F3O6/c1-23(38(39,40)41)20-45-32(42)35(2,3)21-37(6,34(44)47-31-16-24-11-12-28(31)15-24)22-36(4,5)33(43)46-30-14-13-27-17-25-9-7-8-10-26(25)18-29(27)19-30/h7-10,13-14,17-19,23-24,28,31H,11-12,15-16,20-22H2,1-6H3. The molecule has 3 aromatic rings. The predicted octanol–water partition coefficient (Wildman–Crippen LogP) is 9.21. The Kier molecular flexibility index (Phi) is 9.43. The molecule has 0 aromatic heterocycles. The largest absolute Gasteiger partial charge is 0.465 e. The highest BCUT2D eigenvalue weighted by Gasteiger charge is 2.51. The van der Waals surface area contributed by atoms with E-state index in [1.165, 1.54) is 0 Å². The molecule has 2 aliphatic carbocycles. The lowest BCUT2D eigenvalue weighted by molar-refractivity contribution is -0.190. The monoisotopic (exact) mass is 654 g/mol. The van der Waals surface area contributed by atoms with Crippen LogP contribution in [-0.4, -0.2) is 36.8 Å². The van der Waals surface area contributed by atoms with Gasteiger partial charge in [0.05, 0.1) is 22.2 Å². The molecule has 9 heteroatoms. The minimum Gasteiger partial charge on any atom is -0.465 e. The Morgan fingerprint density at radius 2 is 1.36 bits per heavy atom. The van der Waals surface area contributed by atoms with E-state index in [4.69, 9.17) is 14.2 Å². The smallest absolute Gasteiger partial charge is 0.394 e. The number of carbonyl (C=O) groups is 3. The van der Waals surface area contributed by atoms with Crippen molar-refractivity contribution in [1.82, 2.24) is 0 Å². The van der Waals surface area contributed by atoms with Crippen molar-refractivity contribution in [3.8, 4) is 5.75 Å². The summed E-state index contributed by atoms with van der Waals surface area (Å²) in [5, 5.41) is 4.07. The van der Waals surface area contributed by atoms with Crippen LogP contribution in [0.3, 0.4) is 0 Å². The molecular formula is C38H45F3O6. The fraction of sp³-hybridized carbons (Fsp3) is 0.553. The average Bonchev–Trinajstić information content (AvgIpc) is 3.61. The van der Waals surface area contributed by atoms with Crippen molar-refractivity contribution in [3.05, 3.63) is 54.6 Å². The maximum absolute atomic E-state index is 14.0. The van der Waals surface area contributed by atoms with Gasteiger partial charge in [-0.3, -0.25) is 14.4 Å². The van der Waals surface area contributed by atoms with Crippen LogP contribution in [0.4, 0.5) is 13.2 Å². The first-order chi connectivity index (χ1) is 21.9. The number of fused-ring (bicyclic) bond motifs is 4. The van der Waals surface area contributed by atoms with Gasteiger partial charge < -0.3 is 14.2 Å². The quantitative estimate of drug-likeness (QED) is 0.117. The third kappa shape index (κ3) is 7.76. The number of benzene rings is 3. The molecule has 0 N–H and O–H groups in total. The van der Waals surface area contributed by atoms with Gasteiger partial charge in [-0.1, -0.05) is 37.3 Å². The highest BCUT2D eigenvalue weighted by molar-refractivity contribution is 5.99. The van der Waals surface area contributed by atoms with Gasteiger partial charge >= 0.3 is 24.1 Å². The Balaban J connectivity index is 1.35. The van der Waals surface area contributed by atoms with E-state index in [1.807, 2.05) is 36.4 Å². The van der Waals surface area contributed by atoms with Gasteiger partial charge in [0.2, 0.25) is 0 Å². The zero-order chi connectivity index (χ0) is 34.4. The number of hydrogen-bond donors (Lipinski definition) is 0. The minimum atomic E-state index is -4.51. The van der Waals surface area contributed by atoms with Crippen molar-refractivity contribution in [2.75, 3.05) is 6.61 Å². The topological polar surface area (TPSA) is 78.9 Å². The maximum atomic E-state index is 14.0. The van der Waals surface area contributed by atoms with Gasteiger partial charge in [0.15, 0.2) is 0 Å². The molecule has 3 aromatic carbocycles. The summed E-state index contributed by atoms with van der Waals surface area (Å²) < 4.78 is 56.4. The zero-order valence-electron chi connectivity index (χ0n) is 28.0. The number of carbonyl (C=O) groups excluding carboxylic acids is 3. The molecule has 2 saturated carbocycles. The number of ether oxygens (including phenoxy) is 3. The molecule has 47 heavy (non-hydrogen) atoms. The third-order valence-corrected chi connectivity index (χ3v) is 10.1. The molecule has 0 heterocycles.